The van der Waals surface area contributed by atoms with Gasteiger partial charge in [-0.15, -0.1) is 0 Å². The first kappa shape index (κ1) is 18.5. The number of nitrogens with one attached hydrogen (secondary N) is 1. The maximum Gasteiger partial charge on any atom is 0.229 e. The molecule has 140 valence electrons. The minimum Gasteiger partial charge on any atom is -0.497 e. The number of anilines is 4. The van der Waals surface area contributed by atoms with Gasteiger partial charge in [-0.1, -0.05) is 18.2 Å². The molecule has 0 saturated carbocycles. The van der Waals surface area contributed by atoms with Crippen LogP contribution in [0.2, 0.25) is 0 Å². The average molecular weight is 364 g/mol. The quantitative estimate of drug-likeness (QED) is 0.655. The van der Waals surface area contributed by atoms with Crippen molar-refractivity contribution in [2.45, 2.75) is 13.8 Å². The third-order valence-electron chi connectivity index (χ3n) is 4.15. The van der Waals surface area contributed by atoms with Gasteiger partial charge in [0.15, 0.2) is 0 Å². The lowest BCUT2D eigenvalue weighted by Crippen LogP contribution is -2.18. The molecule has 0 atom stereocenters. The van der Waals surface area contributed by atoms with E-state index < -0.39 is 0 Å². The van der Waals surface area contributed by atoms with E-state index in [0.29, 0.717) is 11.7 Å². The van der Waals surface area contributed by atoms with Crippen molar-refractivity contribution in [3.8, 4) is 11.5 Å². The van der Waals surface area contributed by atoms with Crippen LogP contribution in [0.1, 0.15) is 12.6 Å². The Bertz CT molecular complexity index is 900. The van der Waals surface area contributed by atoms with Crippen LogP contribution in [-0.2, 0) is 0 Å². The molecule has 0 saturated heterocycles. The molecule has 27 heavy (non-hydrogen) atoms. The third kappa shape index (κ3) is 4.28. The van der Waals surface area contributed by atoms with Gasteiger partial charge < -0.3 is 19.7 Å². The third-order valence-corrected chi connectivity index (χ3v) is 4.15. The highest BCUT2D eigenvalue weighted by Gasteiger charge is 2.13. The Morgan fingerprint density at radius 1 is 0.963 bits per heavy atom. The zero-order chi connectivity index (χ0) is 19.2. The molecule has 1 N–H and O–H groups in total. The van der Waals surface area contributed by atoms with Crippen molar-refractivity contribution in [1.29, 1.82) is 0 Å². The van der Waals surface area contributed by atoms with Crippen molar-refractivity contribution in [3.05, 3.63) is 60.3 Å². The predicted octanol–water partition coefficient (Wildman–Crippen LogP) is 4.70. The summed E-state index contributed by atoms with van der Waals surface area (Å²) in [5.74, 6) is 2.76. The minimum atomic E-state index is 0.505. The number of aromatic nitrogens is 2. The summed E-state index contributed by atoms with van der Waals surface area (Å²) in [6.07, 6.45) is 0. The molecule has 0 fully saturated rings. The van der Waals surface area contributed by atoms with Gasteiger partial charge in [0.25, 0.3) is 0 Å². The maximum atomic E-state index is 5.43. The highest BCUT2D eigenvalue weighted by Crippen LogP contribution is 2.31. The van der Waals surface area contributed by atoms with Crippen molar-refractivity contribution in [2.24, 2.45) is 0 Å². The van der Waals surface area contributed by atoms with E-state index >= 15 is 0 Å². The van der Waals surface area contributed by atoms with Gasteiger partial charge in [0.1, 0.15) is 17.3 Å². The van der Waals surface area contributed by atoms with E-state index in [1.54, 1.807) is 14.2 Å². The first-order valence-corrected chi connectivity index (χ1v) is 8.82. The fourth-order valence-electron chi connectivity index (χ4n) is 2.86. The van der Waals surface area contributed by atoms with E-state index in [1.165, 1.54) is 0 Å². The molecule has 0 spiro atoms. The first-order chi connectivity index (χ1) is 13.1. The second-order valence-corrected chi connectivity index (χ2v) is 5.96. The van der Waals surface area contributed by atoms with E-state index in [0.717, 1.165) is 35.2 Å². The fraction of sp³-hybridized carbons (Fsp3) is 0.238. The Labute approximate surface area is 159 Å². The van der Waals surface area contributed by atoms with Gasteiger partial charge in [-0.2, -0.15) is 4.98 Å². The second kappa shape index (κ2) is 8.40. The van der Waals surface area contributed by atoms with Crippen LogP contribution in [-0.4, -0.2) is 30.7 Å². The topological polar surface area (TPSA) is 59.5 Å². The first-order valence-electron chi connectivity index (χ1n) is 8.82. The van der Waals surface area contributed by atoms with Crippen LogP contribution in [0.25, 0.3) is 0 Å². The van der Waals surface area contributed by atoms with E-state index in [-0.39, 0.29) is 0 Å². The van der Waals surface area contributed by atoms with Crippen molar-refractivity contribution in [1.82, 2.24) is 9.97 Å². The Kier molecular flexibility index (Phi) is 5.76. The van der Waals surface area contributed by atoms with Crippen molar-refractivity contribution in [2.75, 3.05) is 31.0 Å². The molecule has 1 aromatic heterocycles. The number of aryl methyl sites for hydroxylation is 1. The molecule has 0 aliphatic heterocycles. The molecule has 6 nitrogen and oxygen atoms in total. The zero-order valence-electron chi connectivity index (χ0n) is 16.1. The van der Waals surface area contributed by atoms with Gasteiger partial charge in [0, 0.05) is 30.1 Å². The molecule has 6 heteroatoms. The van der Waals surface area contributed by atoms with Crippen LogP contribution in [0, 0.1) is 6.92 Å². The summed E-state index contributed by atoms with van der Waals surface area (Å²) in [5.41, 5.74) is 2.71. The lowest BCUT2D eigenvalue weighted by Gasteiger charge is -2.23. The fourth-order valence-corrected chi connectivity index (χ4v) is 2.86. The number of nitrogens with zero attached hydrogens (tertiary/aromatic N) is 3. The van der Waals surface area contributed by atoms with Gasteiger partial charge in [0.2, 0.25) is 5.95 Å². The molecule has 0 radical (unpaired) electrons. The monoisotopic (exact) mass is 364 g/mol. The second-order valence-electron chi connectivity index (χ2n) is 5.96. The maximum absolute atomic E-state index is 5.43. The van der Waals surface area contributed by atoms with Gasteiger partial charge >= 0.3 is 0 Å². The number of ether oxygens (including phenoxy) is 2. The standard InChI is InChI=1S/C21H24N4O2/c1-5-25(16-9-7-6-8-10-16)20-13-15(2)22-21(24-20)23-18-14-17(26-3)11-12-19(18)27-4/h6-14H,5H2,1-4H3,(H,22,23,24). The van der Waals surface area contributed by atoms with Crippen LogP contribution in [0.4, 0.5) is 23.1 Å². The van der Waals surface area contributed by atoms with E-state index in [9.17, 15) is 0 Å². The molecule has 0 aliphatic carbocycles. The lowest BCUT2D eigenvalue weighted by atomic mass is 10.2. The number of methoxy groups -OCH3 is 2. The molecule has 2 aromatic carbocycles. The molecule has 0 aliphatic rings. The van der Waals surface area contributed by atoms with Crippen LogP contribution in [0.15, 0.2) is 54.6 Å². The SMILES string of the molecule is CCN(c1ccccc1)c1cc(C)nc(Nc2cc(OC)ccc2OC)n1. The summed E-state index contributed by atoms with van der Waals surface area (Å²) in [6, 6.07) is 17.7. The van der Waals surface area contributed by atoms with Gasteiger partial charge in [-0.25, -0.2) is 4.98 Å². The normalized spacial score (nSPS) is 10.4. The zero-order valence-corrected chi connectivity index (χ0v) is 16.1. The Morgan fingerprint density at radius 3 is 2.41 bits per heavy atom. The lowest BCUT2D eigenvalue weighted by molar-refractivity contribution is 0.405. The number of para-hydroxylation sites is 1. The molecule has 3 rings (SSSR count). The number of benzene rings is 2. The van der Waals surface area contributed by atoms with Crippen molar-refractivity contribution < 1.29 is 9.47 Å². The molecular weight excluding hydrogens is 340 g/mol. The van der Waals surface area contributed by atoms with Gasteiger partial charge in [-0.05, 0) is 38.1 Å². The highest BCUT2D eigenvalue weighted by molar-refractivity contribution is 5.67. The largest absolute Gasteiger partial charge is 0.497 e. The smallest absolute Gasteiger partial charge is 0.229 e. The summed E-state index contributed by atoms with van der Waals surface area (Å²) in [7, 11) is 3.26. The summed E-state index contributed by atoms with van der Waals surface area (Å²) in [5, 5.41) is 3.26. The molecule has 0 bridgehead atoms. The summed E-state index contributed by atoms with van der Waals surface area (Å²) < 4.78 is 10.7. The van der Waals surface area contributed by atoms with E-state index in [4.69, 9.17) is 14.5 Å². The van der Waals surface area contributed by atoms with Crippen LogP contribution < -0.4 is 19.7 Å². The van der Waals surface area contributed by atoms with Crippen LogP contribution in [0.5, 0.6) is 11.5 Å². The molecule has 3 aromatic rings. The molecule has 0 amide bonds. The molecular formula is C21H24N4O2. The number of hydrogen-bond acceptors (Lipinski definition) is 6. The Morgan fingerprint density at radius 2 is 1.74 bits per heavy atom. The van der Waals surface area contributed by atoms with E-state index in [2.05, 4.69) is 34.3 Å². The Balaban J connectivity index is 1.96. The summed E-state index contributed by atoms with van der Waals surface area (Å²) in [6.45, 7) is 4.85. The highest BCUT2D eigenvalue weighted by atomic mass is 16.5. The van der Waals surface area contributed by atoms with Crippen LogP contribution in [0.3, 0.4) is 0 Å². The Hall–Kier alpha value is -3.28. The minimum absolute atomic E-state index is 0.505. The van der Waals surface area contributed by atoms with Crippen LogP contribution >= 0.6 is 0 Å². The van der Waals surface area contributed by atoms with Gasteiger partial charge in [-0.3, -0.25) is 0 Å². The number of rotatable bonds is 7. The summed E-state index contributed by atoms with van der Waals surface area (Å²) >= 11 is 0. The van der Waals surface area contributed by atoms with Crippen molar-refractivity contribution in [3.63, 3.8) is 0 Å². The predicted molar refractivity (Wildman–Crippen MR) is 109 cm³/mol. The number of hydrogen-bond donors (Lipinski definition) is 1. The van der Waals surface area contributed by atoms with E-state index in [1.807, 2.05) is 49.4 Å². The van der Waals surface area contributed by atoms with Crippen molar-refractivity contribution >= 4 is 23.1 Å². The van der Waals surface area contributed by atoms with Gasteiger partial charge in [0.05, 0.1) is 19.9 Å². The molecule has 0 unspecified atom stereocenters. The summed E-state index contributed by atoms with van der Waals surface area (Å²) in [4.78, 5) is 11.4. The molecule has 1 heterocycles. The average Bonchev–Trinajstić information content (AvgIpc) is 2.69.